The van der Waals surface area contributed by atoms with Crippen LogP contribution in [0, 0.1) is 18.3 Å². The molecule has 1 rings (SSSR count). The predicted octanol–water partition coefficient (Wildman–Crippen LogP) is 4.21. The molecule has 0 N–H and O–H groups in total. The molecule has 1 saturated carbocycles. The molecule has 0 nitrogen and oxygen atoms in total. The first-order valence-corrected chi connectivity index (χ1v) is 5.64. The molecule has 0 aromatic rings. The molecule has 0 heteroatoms. The Morgan fingerprint density at radius 2 is 2.00 bits per heavy atom. The van der Waals surface area contributed by atoms with Crippen LogP contribution in [0.4, 0.5) is 0 Å². The molecule has 0 amide bonds. The molecule has 0 spiro atoms. The van der Waals surface area contributed by atoms with E-state index in [0.717, 1.165) is 11.8 Å². The molecule has 0 saturated heterocycles. The summed E-state index contributed by atoms with van der Waals surface area (Å²) in [5.41, 5.74) is 0. The molecule has 1 aliphatic rings. The molecule has 0 aromatic carbocycles. The van der Waals surface area contributed by atoms with Gasteiger partial charge in [-0.3, -0.25) is 0 Å². The lowest BCUT2D eigenvalue weighted by Crippen LogP contribution is -2.14. The standard InChI is InChI=1S/C12H23/c1-3-5-7-12-9-6-8-11(4-2)10-12/h3,11-12H,4-10H2,1-2H3. The number of hydrogen-bond acceptors (Lipinski definition) is 0. The van der Waals surface area contributed by atoms with Gasteiger partial charge in [0.2, 0.25) is 0 Å². The van der Waals surface area contributed by atoms with Gasteiger partial charge in [0, 0.05) is 0 Å². The largest absolute Gasteiger partial charge is 0.0651 e. The van der Waals surface area contributed by atoms with Gasteiger partial charge in [0.1, 0.15) is 0 Å². The Kier molecular flexibility index (Phi) is 4.72. The Labute approximate surface area is 77.7 Å². The minimum atomic E-state index is 1.06. The van der Waals surface area contributed by atoms with E-state index >= 15 is 0 Å². The molecule has 0 aliphatic heterocycles. The summed E-state index contributed by atoms with van der Waals surface area (Å²) in [6.45, 7) is 4.53. The first-order valence-electron chi connectivity index (χ1n) is 5.64. The Hall–Kier alpha value is 0. The van der Waals surface area contributed by atoms with Crippen molar-refractivity contribution in [2.24, 2.45) is 11.8 Å². The van der Waals surface area contributed by atoms with Crippen LogP contribution >= 0.6 is 0 Å². The minimum absolute atomic E-state index is 1.06. The fraction of sp³-hybridized carbons (Fsp3) is 0.917. The Morgan fingerprint density at radius 1 is 1.25 bits per heavy atom. The average Bonchev–Trinajstić information content (AvgIpc) is 2.15. The van der Waals surface area contributed by atoms with Crippen LogP contribution in [0.15, 0.2) is 0 Å². The monoisotopic (exact) mass is 167 g/mol. The molecule has 0 bridgehead atoms. The zero-order valence-electron chi connectivity index (χ0n) is 8.68. The van der Waals surface area contributed by atoms with E-state index in [-0.39, 0.29) is 0 Å². The molecule has 2 unspecified atom stereocenters. The van der Waals surface area contributed by atoms with Crippen LogP contribution in [0.1, 0.15) is 58.8 Å². The fourth-order valence-corrected chi connectivity index (χ4v) is 2.44. The highest BCUT2D eigenvalue weighted by molar-refractivity contribution is 4.73. The highest BCUT2D eigenvalue weighted by Gasteiger charge is 2.19. The topological polar surface area (TPSA) is 0 Å². The molecule has 12 heavy (non-hydrogen) atoms. The van der Waals surface area contributed by atoms with Crippen molar-refractivity contribution in [2.45, 2.75) is 58.8 Å². The van der Waals surface area contributed by atoms with Gasteiger partial charge in [-0.15, -0.1) is 0 Å². The van der Waals surface area contributed by atoms with Gasteiger partial charge in [0.15, 0.2) is 0 Å². The lowest BCUT2D eigenvalue weighted by Gasteiger charge is -2.28. The highest BCUT2D eigenvalue weighted by Crippen LogP contribution is 2.33. The quantitative estimate of drug-likeness (QED) is 0.588. The lowest BCUT2D eigenvalue weighted by molar-refractivity contribution is 0.249. The van der Waals surface area contributed by atoms with E-state index < -0.39 is 0 Å². The fourth-order valence-electron chi connectivity index (χ4n) is 2.44. The molecular formula is C12H23. The summed E-state index contributed by atoms with van der Waals surface area (Å²) in [5, 5.41) is 0. The summed E-state index contributed by atoms with van der Waals surface area (Å²) in [5.74, 6) is 2.11. The first-order chi connectivity index (χ1) is 5.86. The molecule has 71 valence electrons. The van der Waals surface area contributed by atoms with E-state index in [1.807, 2.05) is 0 Å². The van der Waals surface area contributed by atoms with E-state index in [4.69, 9.17) is 0 Å². The SMILES string of the molecule is C[CH]CCC1CCCC(CC)C1. The van der Waals surface area contributed by atoms with E-state index in [1.54, 1.807) is 0 Å². The first kappa shape index (κ1) is 10.1. The summed E-state index contributed by atoms with van der Waals surface area (Å²) < 4.78 is 0. The van der Waals surface area contributed by atoms with Crippen LogP contribution in [0.2, 0.25) is 0 Å². The van der Waals surface area contributed by atoms with Crippen molar-refractivity contribution in [3.05, 3.63) is 6.42 Å². The van der Waals surface area contributed by atoms with Crippen LogP contribution in [0.5, 0.6) is 0 Å². The summed E-state index contributed by atoms with van der Waals surface area (Å²) in [7, 11) is 0. The van der Waals surface area contributed by atoms with Crippen molar-refractivity contribution >= 4 is 0 Å². The van der Waals surface area contributed by atoms with Crippen molar-refractivity contribution in [3.63, 3.8) is 0 Å². The second-order valence-electron chi connectivity index (χ2n) is 4.29. The zero-order valence-corrected chi connectivity index (χ0v) is 8.68. The van der Waals surface area contributed by atoms with Gasteiger partial charge >= 0.3 is 0 Å². The Morgan fingerprint density at radius 3 is 2.67 bits per heavy atom. The smallest absolute Gasteiger partial charge is 0.0412 e. The van der Waals surface area contributed by atoms with Gasteiger partial charge in [-0.2, -0.15) is 0 Å². The molecule has 1 aliphatic carbocycles. The van der Waals surface area contributed by atoms with Gasteiger partial charge in [0.05, 0.1) is 0 Å². The molecule has 0 aromatic heterocycles. The maximum absolute atomic E-state index is 2.35. The van der Waals surface area contributed by atoms with E-state index in [2.05, 4.69) is 20.3 Å². The van der Waals surface area contributed by atoms with Gasteiger partial charge in [-0.1, -0.05) is 52.4 Å². The second kappa shape index (κ2) is 5.61. The van der Waals surface area contributed by atoms with Gasteiger partial charge < -0.3 is 0 Å². The number of rotatable bonds is 4. The third-order valence-electron chi connectivity index (χ3n) is 3.33. The maximum Gasteiger partial charge on any atom is -0.0412 e. The predicted molar refractivity (Wildman–Crippen MR) is 54.9 cm³/mol. The third kappa shape index (κ3) is 3.16. The van der Waals surface area contributed by atoms with E-state index in [1.165, 1.54) is 44.9 Å². The third-order valence-corrected chi connectivity index (χ3v) is 3.33. The minimum Gasteiger partial charge on any atom is -0.0651 e. The molecule has 2 atom stereocenters. The second-order valence-corrected chi connectivity index (χ2v) is 4.29. The Bertz CT molecular complexity index is 107. The van der Waals surface area contributed by atoms with Crippen LogP contribution in [0.25, 0.3) is 0 Å². The zero-order chi connectivity index (χ0) is 8.81. The molecule has 1 fully saturated rings. The summed E-state index contributed by atoms with van der Waals surface area (Å²) in [6, 6.07) is 0. The van der Waals surface area contributed by atoms with E-state index in [0.29, 0.717) is 0 Å². The molecule has 1 radical (unpaired) electrons. The summed E-state index contributed by atoms with van der Waals surface area (Å²) in [6.07, 6.45) is 12.5. The van der Waals surface area contributed by atoms with Gasteiger partial charge in [-0.25, -0.2) is 0 Å². The van der Waals surface area contributed by atoms with Crippen molar-refractivity contribution in [1.29, 1.82) is 0 Å². The van der Waals surface area contributed by atoms with Crippen LogP contribution in [-0.2, 0) is 0 Å². The van der Waals surface area contributed by atoms with Crippen molar-refractivity contribution in [3.8, 4) is 0 Å². The van der Waals surface area contributed by atoms with Crippen LogP contribution in [-0.4, -0.2) is 0 Å². The van der Waals surface area contributed by atoms with Crippen molar-refractivity contribution in [2.75, 3.05) is 0 Å². The normalized spacial score (nSPS) is 30.5. The number of hydrogen-bond donors (Lipinski definition) is 0. The lowest BCUT2D eigenvalue weighted by atomic mass is 9.78. The summed E-state index contributed by atoms with van der Waals surface area (Å²) >= 11 is 0. The van der Waals surface area contributed by atoms with Crippen LogP contribution < -0.4 is 0 Å². The number of unbranched alkanes of at least 4 members (excludes halogenated alkanes) is 1. The average molecular weight is 167 g/mol. The Balaban J connectivity index is 2.16. The van der Waals surface area contributed by atoms with Crippen LogP contribution in [0.3, 0.4) is 0 Å². The maximum atomic E-state index is 2.35. The van der Waals surface area contributed by atoms with Gasteiger partial charge in [-0.05, 0) is 24.7 Å². The van der Waals surface area contributed by atoms with Gasteiger partial charge in [0.25, 0.3) is 0 Å². The van der Waals surface area contributed by atoms with Crippen molar-refractivity contribution in [1.82, 2.24) is 0 Å². The molecular weight excluding hydrogens is 144 g/mol. The molecule has 0 heterocycles. The highest BCUT2D eigenvalue weighted by atomic mass is 14.2. The van der Waals surface area contributed by atoms with E-state index in [9.17, 15) is 0 Å². The summed E-state index contributed by atoms with van der Waals surface area (Å²) in [4.78, 5) is 0. The van der Waals surface area contributed by atoms with Crippen molar-refractivity contribution < 1.29 is 0 Å².